The van der Waals surface area contributed by atoms with E-state index < -0.39 is 6.10 Å². The standard InChI is InChI=1S/C10H10N2O2/c1-6(13)9-7-4-2-3-5-8(7)10(14)12-11-9/h2-6,13H,1H3,(H,12,14). The van der Waals surface area contributed by atoms with Gasteiger partial charge in [0.05, 0.1) is 17.2 Å². The maximum atomic E-state index is 11.4. The van der Waals surface area contributed by atoms with Gasteiger partial charge in [0, 0.05) is 5.39 Å². The highest BCUT2D eigenvalue weighted by atomic mass is 16.3. The van der Waals surface area contributed by atoms with E-state index in [0.29, 0.717) is 16.5 Å². The molecule has 1 unspecified atom stereocenters. The largest absolute Gasteiger partial charge is 0.387 e. The molecule has 4 heteroatoms. The van der Waals surface area contributed by atoms with E-state index in [1.165, 1.54) is 0 Å². The summed E-state index contributed by atoms with van der Waals surface area (Å²) in [7, 11) is 0. The molecule has 72 valence electrons. The monoisotopic (exact) mass is 190 g/mol. The predicted octanol–water partition coefficient (Wildman–Crippen LogP) is 0.976. The number of hydrogen-bond acceptors (Lipinski definition) is 3. The summed E-state index contributed by atoms with van der Waals surface area (Å²) in [5.41, 5.74) is 0.269. The normalized spacial score (nSPS) is 13.0. The van der Waals surface area contributed by atoms with Crippen LogP contribution < -0.4 is 5.56 Å². The molecule has 1 atom stereocenters. The Morgan fingerprint density at radius 3 is 2.64 bits per heavy atom. The summed E-state index contributed by atoms with van der Waals surface area (Å²) in [6.45, 7) is 1.62. The fourth-order valence-corrected chi connectivity index (χ4v) is 1.45. The Morgan fingerprint density at radius 1 is 1.36 bits per heavy atom. The first-order valence-corrected chi connectivity index (χ1v) is 4.35. The molecule has 2 N–H and O–H groups in total. The molecule has 0 aliphatic heterocycles. The number of aliphatic hydroxyl groups is 1. The lowest BCUT2D eigenvalue weighted by Crippen LogP contribution is -2.12. The van der Waals surface area contributed by atoms with Crippen molar-refractivity contribution in [3.8, 4) is 0 Å². The third-order valence-corrected chi connectivity index (χ3v) is 2.12. The van der Waals surface area contributed by atoms with Crippen LogP contribution in [0.3, 0.4) is 0 Å². The second kappa shape index (κ2) is 3.23. The lowest BCUT2D eigenvalue weighted by atomic mass is 10.1. The molecule has 0 saturated carbocycles. The van der Waals surface area contributed by atoms with Crippen LogP contribution in [0.15, 0.2) is 29.1 Å². The minimum absolute atomic E-state index is 0.231. The van der Waals surface area contributed by atoms with E-state index >= 15 is 0 Å². The number of aliphatic hydroxyl groups excluding tert-OH is 1. The molecule has 2 rings (SSSR count). The van der Waals surface area contributed by atoms with E-state index in [1.807, 2.05) is 6.07 Å². The molecular weight excluding hydrogens is 180 g/mol. The topological polar surface area (TPSA) is 66.0 Å². The molecule has 1 aromatic heterocycles. The third-order valence-electron chi connectivity index (χ3n) is 2.12. The summed E-state index contributed by atoms with van der Waals surface area (Å²) in [5.74, 6) is 0. The van der Waals surface area contributed by atoms with Crippen LogP contribution in [0.4, 0.5) is 0 Å². The van der Waals surface area contributed by atoms with Crippen molar-refractivity contribution in [1.82, 2.24) is 10.2 Å². The van der Waals surface area contributed by atoms with E-state index in [4.69, 9.17) is 0 Å². The molecule has 0 aliphatic rings. The average molecular weight is 190 g/mol. The number of nitrogens with zero attached hydrogens (tertiary/aromatic N) is 1. The lowest BCUT2D eigenvalue weighted by Gasteiger charge is -2.05. The number of nitrogens with one attached hydrogen (secondary N) is 1. The maximum Gasteiger partial charge on any atom is 0.272 e. The summed E-state index contributed by atoms with van der Waals surface area (Å²) in [6.07, 6.45) is -0.684. The third kappa shape index (κ3) is 1.29. The van der Waals surface area contributed by atoms with E-state index in [9.17, 15) is 9.90 Å². The van der Waals surface area contributed by atoms with Gasteiger partial charge in [0.25, 0.3) is 5.56 Å². The lowest BCUT2D eigenvalue weighted by molar-refractivity contribution is 0.195. The molecule has 2 aromatic rings. The van der Waals surface area contributed by atoms with Gasteiger partial charge in [0.2, 0.25) is 0 Å². The van der Waals surface area contributed by atoms with Gasteiger partial charge in [-0.25, -0.2) is 5.10 Å². The molecule has 0 amide bonds. The fourth-order valence-electron chi connectivity index (χ4n) is 1.45. The van der Waals surface area contributed by atoms with Gasteiger partial charge in [-0.05, 0) is 13.0 Å². The Kier molecular flexibility index (Phi) is 2.05. The van der Waals surface area contributed by atoms with Gasteiger partial charge < -0.3 is 5.11 Å². The minimum atomic E-state index is -0.684. The van der Waals surface area contributed by atoms with Crippen LogP contribution in [-0.2, 0) is 0 Å². The number of aromatic amines is 1. The smallest absolute Gasteiger partial charge is 0.272 e. The molecule has 4 nitrogen and oxygen atoms in total. The highest BCUT2D eigenvalue weighted by molar-refractivity contribution is 5.83. The summed E-state index contributed by atoms with van der Waals surface area (Å²) < 4.78 is 0. The molecule has 0 fully saturated rings. The van der Waals surface area contributed by atoms with Crippen LogP contribution >= 0.6 is 0 Å². The van der Waals surface area contributed by atoms with Crippen molar-refractivity contribution in [1.29, 1.82) is 0 Å². The van der Waals surface area contributed by atoms with Gasteiger partial charge in [-0.1, -0.05) is 18.2 Å². The average Bonchev–Trinajstić information content (AvgIpc) is 2.18. The zero-order chi connectivity index (χ0) is 10.1. The van der Waals surface area contributed by atoms with Crippen LogP contribution in [0.25, 0.3) is 10.8 Å². The van der Waals surface area contributed by atoms with Crippen molar-refractivity contribution in [3.63, 3.8) is 0 Å². The fraction of sp³-hybridized carbons (Fsp3) is 0.200. The highest BCUT2D eigenvalue weighted by Gasteiger charge is 2.09. The second-order valence-electron chi connectivity index (χ2n) is 3.16. The molecule has 0 aliphatic carbocycles. The molecule has 1 aromatic carbocycles. The number of H-pyrrole nitrogens is 1. The van der Waals surface area contributed by atoms with Crippen LogP contribution in [0.1, 0.15) is 18.7 Å². The SMILES string of the molecule is CC(O)c1n[nH]c(=O)c2ccccc12. The highest BCUT2D eigenvalue weighted by Crippen LogP contribution is 2.17. The quantitative estimate of drug-likeness (QED) is 0.704. The van der Waals surface area contributed by atoms with Gasteiger partial charge in [-0.3, -0.25) is 4.79 Å². The summed E-state index contributed by atoms with van der Waals surface area (Å²) in [4.78, 5) is 11.4. The van der Waals surface area contributed by atoms with Gasteiger partial charge in [-0.2, -0.15) is 5.10 Å². The first kappa shape index (κ1) is 8.90. The van der Waals surface area contributed by atoms with Crippen LogP contribution in [0, 0.1) is 0 Å². The maximum absolute atomic E-state index is 11.4. The van der Waals surface area contributed by atoms with Crippen LogP contribution in [0.2, 0.25) is 0 Å². The summed E-state index contributed by atoms with van der Waals surface area (Å²) >= 11 is 0. The van der Waals surface area contributed by atoms with Crippen molar-refractivity contribution >= 4 is 10.8 Å². The molecule has 14 heavy (non-hydrogen) atoms. The number of benzene rings is 1. The van der Waals surface area contributed by atoms with E-state index in [1.54, 1.807) is 25.1 Å². The Balaban J connectivity index is 2.89. The summed E-state index contributed by atoms with van der Waals surface area (Å²) in [5, 5.41) is 16.9. The predicted molar refractivity (Wildman–Crippen MR) is 53.0 cm³/mol. The van der Waals surface area contributed by atoms with Crippen LogP contribution in [-0.4, -0.2) is 15.3 Å². The van der Waals surface area contributed by atoms with Crippen molar-refractivity contribution in [2.24, 2.45) is 0 Å². The first-order valence-electron chi connectivity index (χ1n) is 4.35. The number of rotatable bonds is 1. The Morgan fingerprint density at radius 2 is 2.00 bits per heavy atom. The van der Waals surface area contributed by atoms with Crippen molar-refractivity contribution < 1.29 is 5.11 Å². The number of hydrogen-bond donors (Lipinski definition) is 2. The zero-order valence-electron chi connectivity index (χ0n) is 7.69. The second-order valence-corrected chi connectivity index (χ2v) is 3.16. The Bertz CT molecular complexity index is 517. The number of aromatic nitrogens is 2. The first-order chi connectivity index (χ1) is 6.70. The molecule has 1 heterocycles. The van der Waals surface area contributed by atoms with Crippen molar-refractivity contribution in [2.45, 2.75) is 13.0 Å². The summed E-state index contributed by atoms with van der Waals surface area (Å²) in [6, 6.07) is 7.08. The van der Waals surface area contributed by atoms with Crippen molar-refractivity contribution in [3.05, 3.63) is 40.3 Å². The van der Waals surface area contributed by atoms with Gasteiger partial charge in [0.1, 0.15) is 0 Å². The molecule has 0 saturated heterocycles. The molecule has 0 radical (unpaired) electrons. The van der Waals surface area contributed by atoms with Gasteiger partial charge >= 0.3 is 0 Å². The Labute approximate surface area is 80.2 Å². The number of fused-ring (bicyclic) bond motifs is 1. The van der Waals surface area contributed by atoms with Gasteiger partial charge in [0.15, 0.2) is 0 Å². The van der Waals surface area contributed by atoms with Gasteiger partial charge in [-0.15, -0.1) is 0 Å². The van der Waals surface area contributed by atoms with Crippen LogP contribution in [0.5, 0.6) is 0 Å². The Hall–Kier alpha value is -1.68. The van der Waals surface area contributed by atoms with E-state index in [0.717, 1.165) is 0 Å². The molecule has 0 bridgehead atoms. The molecular formula is C10H10N2O2. The molecule has 0 spiro atoms. The minimum Gasteiger partial charge on any atom is -0.387 e. The van der Waals surface area contributed by atoms with E-state index in [2.05, 4.69) is 10.2 Å². The zero-order valence-corrected chi connectivity index (χ0v) is 7.69. The van der Waals surface area contributed by atoms with Crippen molar-refractivity contribution in [2.75, 3.05) is 0 Å². The van der Waals surface area contributed by atoms with E-state index in [-0.39, 0.29) is 5.56 Å².